The first-order valence-electron chi connectivity index (χ1n) is 7.96. The molecule has 5 heteroatoms. The van der Waals surface area contributed by atoms with Crippen molar-refractivity contribution in [3.8, 4) is 0 Å². The monoisotopic (exact) mass is 283 g/mol. The lowest BCUT2D eigenvalue weighted by atomic mass is 9.76. The molecule has 0 aromatic rings. The highest BCUT2D eigenvalue weighted by atomic mass is 16.5. The standard InChI is InChI=1S/C15H29N3O2/c1-3-11-4-5-12(9-16)13(8-11)18-6-7-20-10-14(18)15(19)17-2/h11-14H,3-10,16H2,1-2H3,(H,17,19). The summed E-state index contributed by atoms with van der Waals surface area (Å²) >= 11 is 0. The fraction of sp³-hybridized carbons (Fsp3) is 0.933. The number of morpholine rings is 1. The van der Waals surface area contributed by atoms with Crippen LogP contribution in [0.5, 0.6) is 0 Å². The van der Waals surface area contributed by atoms with Crippen molar-refractivity contribution < 1.29 is 9.53 Å². The lowest BCUT2D eigenvalue weighted by Gasteiger charge is -2.46. The van der Waals surface area contributed by atoms with Gasteiger partial charge in [-0.25, -0.2) is 0 Å². The van der Waals surface area contributed by atoms with Crippen LogP contribution < -0.4 is 11.1 Å². The van der Waals surface area contributed by atoms with Crippen molar-refractivity contribution >= 4 is 5.91 Å². The molecular weight excluding hydrogens is 254 g/mol. The number of ether oxygens (including phenoxy) is 1. The number of amides is 1. The van der Waals surface area contributed by atoms with Gasteiger partial charge in [-0.15, -0.1) is 0 Å². The topological polar surface area (TPSA) is 67.6 Å². The first-order valence-corrected chi connectivity index (χ1v) is 7.96. The van der Waals surface area contributed by atoms with E-state index in [1.807, 2.05) is 0 Å². The van der Waals surface area contributed by atoms with Crippen molar-refractivity contribution in [3.05, 3.63) is 0 Å². The van der Waals surface area contributed by atoms with Crippen LogP contribution in [-0.4, -0.2) is 56.2 Å². The molecular formula is C15H29N3O2. The normalized spacial score (nSPS) is 35.8. The highest BCUT2D eigenvalue weighted by molar-refractivity contribution is 5.81. The number of hydrogen-bond donors (Lipinski definition) is 2. The van der Waals surface area contributed by atoms with Gasteiger partial charge in [0.1, 0.15) is 6.04 Å². The zero-order valence-electron chi connectivity index (χ0n) is 12.8. The van der Waals surface area contributed by atoms with Crippen molar-refractivity contribution in [3.63, 3.8) is 0 Å². The average molecular weight is 283 g/mol. The number of hydrogen-bond acceptors (Lipinski definition) is 4. The summed E-state index contributed by atoms with van der Waals surface area (Å²) in [6.07, 6.45) is 4.87. The third kappa shape index (κ3) is 3.32. The molecule has 2 rings (SSSR count). The van der Waals surface area contributed by atoms with Gasteiger partial charge in [0.15, 0.2) is 0 Å². The summed E-state index contributed by atoms with van der Waals surface area (Å²) in [5, 5.41) is 2.77. The Balaban J connectivity index is 2.12. The quantitative estimate of drug-likeness (QED) is 0.792. The van der Waals surface area contributed by atoms with E-state index in [-0.39, 0.29) is 11.9 Å². The number of carbonyl (C=O) groups is 1. The lowest BCUT2D eigenvalue weighted by molar-refractivity contribution is -0.136. The molecule has 0 aromatic carbocycles. The molecule has 20 heavy (non-hydrogen) atoms. The Morgan fingerprint density at radius 3 is 2.90 bits per heavy atom. The molecule has 116 valence electrons. The Morgan fingerprint density at radius 1 is 1.45 bits per heavy atom. The molecule has 1 heterocycles. The summed E-state index contributed by atoms with van der Waals surface area (Å²) < 4.78 is 5.51. The Morgan fingerprint density at radius 2 is 2.25 bits per heavy atom. The number of rotatable bonds is 4. The molecule has 4 atom stereocenters. The molecule has 1 aliphatic heterocycles. The van der Waals surface area contributed by atoms with Gasteiger partial charge in [-0.1, -0.05) is 19.8 Å². The highest BCUT2D eigenvalue weighted by Gasteiger charge is 2.39. The number of carbonyl (C=O) groups excluding carboxylic acids is 1. The molecule has 2 fully saturated rings. The van der Waals surface area contributed by atoms with Crippen LogP contribution in [0.25, 0.3) is 0 Å². The molecule has 0 aromatic heterocycles. The number of nitrogens with two attached hydrogens (primary N) is 1. The number of nitrogens with one attached hydrogen (secondary N) is 1. The van der Waals surface area contributed by atoms with E-state index in [9.17, 15) is 4.79 Å². The molecule has 4 unspecified atom stereocenters. The average Bonchev–Trinajstić information content (AvgIpc) is 2.53. The van der Waals surface area contributed by atoms with Gasteiger partial charge in [0.05, 0.1) is 13.2 Å². The maximum absolute atomic E-state index is 12.1. The van der Waals surface area contributed by atoms with Gasteiger partial charge < -0.3 is 15.8 Å². The third-order valence-corrected chi connectivity index (χ3v) is 5.09. The lowest BCUT2D eigenvalue weighted by Crippen LogP contribution is -2.60. The van der Waals surface area contributed by atoms with Crippen LogP contribution in [0.4, 0.5) is 0 Å². The summed E-state index contributed by atoms with van der Waals surface area (Å²) in [6, 6.07) is 0.285. The third-order valence-electron chi connectivity index (χ3n) is 5.09. The fourth-order valence-corrected chi connectivity index (χ4v) is 3.75. The van der Waals surface area contributed by atoms with Crippen molar-refractivity contribution in [2.45, 2.75) is 44.7 Å². The van der Waals surface area contributed by atoms with Crippen LogP contribution in [0.2, 0.25) is 0 Å². The van der Waals surface area contributed by atoms with E-state index in [2.05, 4.69) is 17.1 Å². The second kappa shape index (κ2) is 7.38. The minimum Gasteiger partial charge on any atom is -0.378 e. The van der Waals surface area contributed by atoms with E-state index >= 15 is 0 Å². The maximum atomic E-state index is 12.1. The first kappa shape index (κ1) is 15.7. The van der Waals surface area contributed by atoms with Gasteiger partial charge in [0.25, 0.3) is 0 Å². The van der Waals surface area contributed by atoms with Crippen LogP contribution in [0.3, 0.4) is 0 Å². The Bertz CT molecular complexity index is 324. The SMILES string of the molecule is CCC1CCC(CN)C(N2CCOCC2C(=O)NC)C1. The van der Waals surface area contributed by atoms with E-state index in [1.54, 1.807) is 7.05 Å². The Labute approximate surface area is 122 Å². The van der Waals surface area contributed by atoms with Crippen molar-refractivity contribution in [2.24, 2.45) is 17.6 Å². The summed E-state index contributed by atoms with van der Waals surface area (Å²) in [5.74, 6) is 1.36. The zero-order chi connectivity index (χ0) is 14.5. The molecule has 3 N–H and O–H groups in total. The van der Waals surface area contributed by atoms with Gasteiger partial charge in [-0.2, -0.15) is 0 Å². The molecule has 0 bridgehead atoms. The summed E-state index contributed by atoms with van der Waals surface area (Å²) in [4.78, 5) is 14.5. The van der Waals surface area contributed by atoms with E-state index in [1.165, 1.54) is 25.7 Å². The molecule has 1 amide bonds. The molecule has 0 spiro atoms. The van der Waals surface area contributed by atoms with Gasteiger partial charge >= 0.3 is 0 Å². The molecule has 0 radical (unpaired) electrons. The summed E-state index contributed by atoms with van der Waals surface area (Å²) in [5.41, 5.74) is 5.98. The maximum Gasteiger partial charge on any atom is 0.239 e. The Kier molecular flexibility index (Phi) is 5.81. The Hall–Kier alpha value is -0.650. The van der Waals surface area contributed by atoms with Gasteiger partial charge in [0.2, 0.25) is 5.91 Å². The van der Waals surface area contributed by atoms with Crippen LogP contribution in [0.1, 0.15) is 32.6 Å². The van der Waals surface area contributed by atoms with E-state index < -0.39 is 0 Å². The zero-order valence-corrected chi connectivity index (χ0v) is 12.8. The fourth-order valence-electron chi connectivity index (χ4n) is 3.75. The number of nitrogens with zero attached hydrogens (tertiary/aromatic N) is 1. The summed E-state index contributed by atoms with van der Waals surface area (Å²) in [6.45, 7) is 5.05. The predicted octanol–water partition coefficient (Wildman–Crippen LogP) is 0.587. The van der Waals surface area contributed by atoms with Crippen LogP contribution in [0.15, 0.2) is 0 Å². The van der Waals surface area contributed by atoms with Crippen LogP contribution in [-0.2, 0) is 9.53 Å². The molecule has 2 aliphatic rings. The van der Waals surface area contributed by atoms with E-state index in [0.29, 0.717) is 18.6 Å². The van der Waals surface area contributed by atoms with Crippen LogP contribution >= 0.6 is 0 Å². The predicted molar refractivity (Wildman–Crippen MR) is 79.3 cm³/mol. The van der Waals surface area contributed by atoms with E-state index in [0.717, 1.165) is 25.6 Å². The van der Waals surface area contributed by atoms with Gasteiger partial charge in [-0.05, 0) is 31.2 Å². The second-order valence-electron chi connectivity index (χ2n) is 6.09. The van der Waals surface area contributed by atoms with E-state index in [4.69, 9.17) is 10.5 Å². The molecule has 5 nitrogen and oxygen atoms in total. The molecule has 1 aliphatic carbocycles. The van der Waals surface area contributed by atoms with Gasteiger partial charge in [-0.3, -0.25) is 9.69 Å². The van der Waals surface area contributed by atoms with Gasteiger partial charge in [0, 0.05) is 19.6 Å². The molecule has 1 saturated carbocycles. The van der Waals surface area contributed by atoms with Crippen molar-refractivity contribution in [2.75, 3.05) is 33.4 Å². The number of likely N-dealkylation sites (N-methyl/N-ethyl adjacent to an activating group) is 1. The molecule has 1 saturated heterocycles. The highest BCUT2D eigenvalue weighted by Crippen LogP contribution is 2.35. The van der Waals surface area contributed by atoms with Crippen molar-refractivity contribution in [1.82, 2.24) is 10.2 Å². The minimum absolute atomic E-state index is 0.0686. The minimum atomic E-state index is -0.150. The first-order chi connectivity index (χ1) is 9.71. The van der Waals surface area contributed by atoms with Crippen LogP contribution in [0, 0.1) is 11.8 Å². The van der Waals surface area contributed by atoms with Crippen molar-refractivity contribution in [1.29, 1.82) is 0 Å². The summed E-state index contributed by atoms with van der Waals surface area (Å²) in [7, 11) is 1.70. The smallest absolute Gasteiger partial charge is 0.239 e. The largest absolute Gasteiger partial charge is 0.378 e. The second-order valence-corrected chi connectivity index (χ2v) is 6.09.